The Hall–Kier alpha value is -1.32. The molecule has 0 amide bonds. The Balaban J connectivity index is 3.31. The van der Waals surface area contributed by atoms with Gasteiger partial charge in [0, 0.05) is 0 Å². The van der Waals surface area contributed by atoms with Gasteiger partial charge in [-0.25, -0.2) is 0 Å². The number of hydrogen-bond donors (Lipinski definition) is 0. The summed E-state index contributed by atoms with van der Waals surface area (Å²) in [4.78, 5) is 23.5. The molecule has 0 unspecified atom stereocenters. The predicted molar refractivity (Wildman–Crippen MR) is 139 cm³/mol. The van der Waals surface area contributed by atoms with Gasteiger partial charge in [-0.1, -0.05) is 116 Å². The highest BCUT2D eigenvalue weighted by atomic mass is 16.5. The lowest BCUT2D eigenvalue weighted by Crippen LogP contribution is -2.11. The van der Waals surface area contributed by atoms with Crippen molar-refractivity contribution in [2.75, 3.05) is 13.2 Å². The summed E-state index contributed by atoms with van der Waals surface area (Å²) in [5.41, 5.74) is 0. The summed E-state index contributed by atoms with van der Waals surface area (Å²) in [6.45, 7) is 5.35. The molecular formula is C29H54O4. The number of hydrogen-bond acceptors (Lipinski definition) is 4. The highest BCUT2D eigenvalue weighted by molar-refractivity contribution is 5.77. The first-order chi connectivity index (χ1) is 16.2. The highest BCUT2D eigenvalue weighted by Crippen LogP contribution is 2.11. The molecule has 0 fully saturated rings. The van der Waals surface area contributed by atoms with Gasteiger partial charge in [-0.3, -0.25) is 9.59 Å². The Labute approximate surface area is 205 Å². The van der Waals surface area contributed by atoms with E-state index in [1.165, 1.54) is 89.9 Å². The fraction of sp³-hybridized carbons (Fsp3) is 0.862. The smallest absolute Gasteiger partial charge is 0.306 e. The molecule has 0 bridgehead atoms. The van der Waals surface area contributed by atoms with Gasteiger partial charge in [0.15, 0.2) is 0 Å². The fourth-order valence-corrected chi connectivity index (χ4v) is 3.84. The second kappa shape index (κ2) is 26.9. The molecule has 0 aliphatic heterocycles. The Kier molecular flexibility index (Phi) is 25.9. The van der Waals surface area contributed by atoms with E-state index in [1.54, 1.807) is 0 Å². The molecule has 0 aliphatic rings. The zero-order valence-corrected chi connectivity index (χ0v) is 22.1. The van der Waals surface area contributed by atoms with Gasteiger partial charge < -0.3 is 9.47 Å². The quantitative estimate of drug-likeness (QED) is 0.0765. The van der Waals surface area contributed by atoms with E-state index < -0.39 is 0 Å². The van der Waals surface area contributed by atoms with E-state index in [2.05, 4.69) is 26.0 Å². The van der Waals surface area contributed by atoms with Crippen molar-refractivity contribution in [1.29, 1.82) is 0 Å². The lowest BCUT2D eigenvalue weighted by atomic mass is 10.1. The monoisotopic (exact) mass is 466 g/mol. The minimum atomic E-state index is -0.285. The van der Waals surface area contributed by atoms with Gasteiger partial charge in [-0.05, 0) is 32.1 Å². The molecular weight excluding hydrogens is 412 g/mol. The minimum absolute atomic E-state index is 0.129. The second-order valence-corrected chi connectivity index (χ2v) is 9.27. The summed E-state index contributed by atoms with van der Waals surface area (Å²) in [5.74, 6) is -0.569. The zero-order valence-electron chi connectivity index (χ0n) is 22.1. The molecule has 4 nitrogen and oxygen atoms in total. The molecule has 0 atom stereocenters. The topological polar surface area (TPSA) is 52.6 Å². The molecule has 0 radical (unpaired) electrons. The Morgan fingerprint density at radius 1 is 0.515 bits per heavy atom. The lowest BCUT2D eigenvalue weighted by molar-refractivity contribution is -0.150. The lowest BCUT2D eigenvalue weighted by Gasteiger charge is -2.06. The summed E-state index contributed by atoms with van der Waals surface area (Å²) in [6.07, 6.45) is 28.1. The second-order valence-electron chi connectivity index (χ2n) is 9.27. The molecule has 0 aromatic heterocycles. The number of carbonyl (C=O) groups is 2. The Morgan fingerprint density at radius 2 is 0.909 bits per heavy atom. The average molecular weight is 467 g/mol. The van der Waals surface area contributed by atoms with Crippen LogP contribution in [-0.4, -0.2) is 25.2 Å². The van der Waals surface area contributed by atoms with Crippen LogP contribution in [0.15, 0.2) is 12.2 Å². The molecule has 0 spiro atoms. The summed E-state index contributed by atoms with van der Waals surface area (Å²) in [6, 6.07) is 0. The maximum Gasteiger partial charge on any atom is 0.306 e. The van der Waals surface area contributed by atoms with Crippen LogP contribution in [0.25, 0.3) is 0 Å². The van der Waals surface area contributed by atoms with E-state index in [-0.39, 0.29) is 24.8 Å². The molecule has 0 N–H and O–H groups in total. The van der Waals surface area contributed by atoms with Crippen LogP contribution in [0.3, 0.4) is 0 Å². The standard InChI is InChI=1S/C29H54O4/c1-3-5-7-9-11-13-14-15-17-19-21-23-27-33-29(31)25-24-28(30)32-26-22-20-18-16-12-10-8-6-4-2/h5,7H,3-4,6,8-27H2,1-2H3/b7-5+. The van der Waals surface area contributed by atoms with Crippen molar-refractivity contribution >= 4 is 11.9 Å². The van der Waals surface area contributed by atoms with Gasteiger partial charge in [0.25, 0.3) is 0 Å². The molecule has 0 aromatic carbocycles. The normalized spacial score (nSPS) is 11.2. The molecule has 0 aromatic rings. The third-order valence-electron chi connectivity index (χ3n) is 5.97. The van der Waals surface area contributed by atoms with Crippen LogP contribution in [0, 0.1) is 0 Å². The van der Waals surface area contributed by atoms with Crippen molar-refractivity contribution in [3.8, 4) is 0 Å². The Bertz CT molecular complexity index is 459. The third kappa shape index (κ3) is 26.8. The molecule has 0 heterocycles. The van der Waals surface area contributed by atoms with Crippen molar-refractivity contribution in [2.45, 2.75) is 149 Å². The first-order valence-corrected chi connectivity index (χ1v) is 14.2. The van der Waals surface area contributed by atoms with Crippen LogP contribution in [0.1, 0.15) is 149 Å². The van der Waals surface area contributed by atoms with E-state index in [0.29, 0.717) is 13.2 Å². The van der Waals surface area contributed by atoms with E-state index in [1.807, 2.05) is 0 Å². The van der Waals surface area contributed by atoms with E-state index in [9.17, 15) is 9.59 Å². The summed E-state index contributed by atoms with van der Waals surface area (Å²) < 4.78 is 10.5. The third-order valence-corrected chi connectivity index (χ3v) is 5.97. The molecule has 0 rings (SSSR count). The molecule has 194 valence electrons. The van der Waals surface area contributed by atoms with Crippen molar-refractivity contribution in [3.05, 3.63) is 12.2 Å². The average Bonchev–Trinajstić information content (AvgIpc) is 2.82. The van der Waals surface area contributed by atoms with Crippen LogP contribution in [0.5, 0.6) is 0 Å². The highest BCUT2D eigenvalue weighted by Gasteiger charge is 2.09. The zero-order chi connectivity index (χ0) is 24.2. The number of rotatable bonds is 25. The Morgan fingerprint density at radius 3 is 1.33 bits per heavy atom. The van der Waals surface area contributed by atoms with Gasteiger partial charge in [0.05, 0.1) is 26.1 Å². The summed E-state index contributed by atoms with van der Waals surface area (Å²) >= 11 is 0. The van der Waals surface area contributed by atoms with Gasteiger partial charge in [0.1, 0.15) is 0 Å². The molecule has 0 saturated heterocycles. The number of esters is 2. The van der Waals surface area contributed by atoms with Crippen LogP contribution in [-0.2, 0) is 19.1 Å². The number of allylic oxidation sites excluding steroid dienone is 2. The van der Waals surface area contributed by atoms with Crippen LogP contribution >= 0.6 is 0 Å². The molecule has 0 saturated carbocycles. The van der Waals surface area contributed by atoms with Crippen molar-refractivity contribution in [3.63, 3.8) is 0 Å². The molecule has 33 heavy (non-hydrogen) atoms. The maximum absolute atomic E-state index is 11.8. The van der Waals surface area contributed by atoms with Crippen molar-refractivity contribution in [2.24, 2.45) is 0 Å². The van der Waals surface area contributed by atoms with Crippen LogP contribution < -0.4 is 0 Å². The number of carbonyl (C=O) groups excluding carboxylic acids is 2. The van der Waals surface area contributed by atoms with Gasteiger partial charge in [-0.15, -0.1) is 0 Å². The van der Waals surface area contributed by atoms with Crippen molar-refractivity contribution < 1.29 is 19.1 Å². The molecule has 4 heteroatoms. The maximum atomic E-state index is 11.8. The number of unbranched alkanes of at least 4 members (excludes halogenated alkanes) is 16. The van der Waals surface area contributed by atoms with E-state index >= 15 is 0 Å². The predicted octanol–water partition coefficient (Wildman–Crippen LogP) is 8.86. The first kappa shape index (κ1) is 31.7. The molecule has 0 aliphatic carbocycles. The van der Waals surface area contributed by atoms with E-state index in [0.717, 1.165) is 32.1 Å². The minimum Gasteiger partial charge on any atom is -0.466 e. The summed E-state index contributed by atoms with van der Waals surface area (Å²) in [5, 5.41) is 0. The van der Waals surface area contributed by atoms with Crippen LogP contribution in [0.2, 0.25) is 0 Å². The largest absolute Gasteiger partial charge is 0.466 e. The fourth-order valence-electron chi connectivity index (χ4n) is 3.84. The summed E-state index contributed by atoms with van der Waals surface area (Å²) in [7, 11) is 0. The van der Waals surface area contributed by atoms with E-state index in [4.69, 9.17) is 9.47 Å². The van der Waals surface area contributed by atoms with Gasteiger partial charge >= 0.3 is 11.9 Å². The number of ether oxygens (including phenoxy) is 2. The first-order valence-electron chi connectivity index (χ1n) is 14.2. The van der Waals surface area contributed by atoms with Gasteiger partial charge in [0.2, 0.25) is 0 Å². The SMILES string of the molecule is CC/C=C/CCCCCCCCCCOC(=O)CCC(=O)OCCCCCCCCCCC. The van der Waals surface area contributed by atoms with Gasteiger partial charge in [-0.2, -0.15) is 0 Å². The van der Waals surface area contributed by atoms with Crippen molar-refractivity contribution in [1.82, 2.24) is 0 Å². The van der Waals surface area contributed by atoms with Crippen LogP contribution in [0.4, 0.5) is 0 Å².